The van der Waals surface area contributed by atoms with E-state index in [9.17, 15) is 9.59 Å². The molecule has 80 valence electrons. The second kappa shape index (κ2) is 5.10. The summed E-state index contributed by atoms with van der Waals surface area (Å²) in [5, 5.41) is 0. The summed E-state index contributed by atoms with van der Waals surface area (Å²) in [6.45, 7) is 1.99. The maximum atomic E-state index is 10.8. The topological polar surface area (TPSA) is 52.6 Å². The Morgan fingerprint density at radius 3 is 2.71 bits per heavy atom. The highest BCUT2D eigenvalue weighted by Crippen LogP contribution is 2.32. The average molecular weight is 200 g/mol. The van der Waals surface area contributed by atoms with E-state index in [4.69, 9.17) is 9.47 Å². The molecule has 3 atom stereocenters. The van der Waals surface area contributed by atoms with E-state index < -0.39 is 0 Å². The maximum absolute atomic E-state index is 10.8. The lowest BCUT2D eigenvalue weighted by molar-refractivity contribution is -0.148. The van der Waals surface area contributed by atoms with Gasteiger partial charge in [0.1, 0.15) is 12.4 Å². The highest BCUT2D eigenvalue weighted by molar-refractivity contribution is 5.67. The zero-order valence-corrected chi connectivity index (χ0v) is 8.56. The summed E-state index contributed by atoms with van der Waals surface area (Å²) >= 11 is 0. The number of ether oxygens (including phenoxy) is 2. The van der Waals surface area contributed by atoms with Crippen LogP contribution in [0.3, 0.4) is 0 Å². The van der Waals surface area contributed by atoms with Crippen molar-refractivity contribution in [2.45, 2.75) is 25.9 Å². The normalized spacial score (nSPS) is 31.4. The smallest absolute Gasteiger partial charge is 0.302 e. The summed E-state index contributed by atoms with van der Waals surface area (Å²) in [6, 6.07) is 0. The minimum Gasteiger partial charge on any atom is -0.462 e. The van der Waals surface area contributed by atoms with Gasteiger partial charge >= 0.3 is 5.97 Å². The van der Waals surface area contributed by atoms with Gasteiger partial charge < -0.3 is 14.3 Å². The fraction of sp³-hybridized carbons (Fsp3) is 0.800. The summed E-state index contributed by atoms with van der Waals surface area (Å²) in [7, 11) is 1.63. The Hall–Kier alpha value is -0.900. The van der Waals surface area contributed by atoms with Gasteiger partial charge in [0.05, 0.1) is 5.92 Å². The van der Waals surface area contributed by atoms with Crippen LogP contribution >= 0.6 is 0 Å². The molecule has 0 heterocycles. The monoisotopic (exact) mass is 200 g/mol. The van der Waals surface area contributed by atoms with Crippen molar-refractivity contribution >= 4 is 12.3 Å². The number of hydrogen-bond donors (Lipinski definition) is 0. The van der Waals surface area contributed by atoms with Crippen LogP contribution in [0, 0.1) is 11.8 Å². The Morgan fingerprint density at radius 1 is 1.50 bits per heavy atom. The number of hydrogen-bond acceptors (Lipinski definition) is 4. The van der Waals surface area contributed by atoms with Crippen LogP contribution in [0.1, 0.15) is 19.8 Å². The Morgan fingerprint density at radius 2 is 2.21 bits per heavy atom. The molecule has 14 heavy (non-hydrogen) atoms. The zero-order valence-electron chi connectivity index (χ0n) is 8.56. The number of esters is 1. The van der Waals surface area contributed by atoms with Gasteiger partial charge in [-0.05, 0) is 18.8 Å². The second-order valence-corrected chi connectivity index (χ2v) is 3.74. The maximum Gasteiger partial charge on any atom is 0.302 e. The van der Waals surface area contributed by atoms with Gasteiger partial charge in [0.15, 0.2) is 0 Å². The molecule has 1 aliphatic rings. The molecule has 0 N–H and O–H groups in total. The zero-order chi connectivity index (χ0) is 10.6. The third kappa shape index (κ3) is 2.80. The molecule has 0 spiro atoms. The van der Waals surface area contributed by atoms with Gasteiger partial charge in [-0.2, -0.15) is 0 Å². The molecule has 0 aliphatic heterocycles. The van der Waals surface area contributed by atoms with Crippen molar-refractivity contribution in [1.29, 1.82) is 0 Å². The lowest BCUT2D eigenvalue weighted by Gasteiger charge is -2.13. The quantitative estimate of drug-likeness (QED) is 0.497. The molecule has 0 radical (unpaired) electrons. The number of methoxy groups -OCH3 is 1. The number of carbonyl (C=O) groups is 2. The van der Waals surface area contributed by atoms with E-state index in [0.717, 1.165) is 19.1 Å². The third-order valence-electron chi connectivity index (χ3n) is 2.54. The molecule has 0 aromatic rings. The van der Waals surface area contributed by atoms with Crippen LogP contribution in [-0.4, -0.2) is 32.1 Å². The van der Waals surface area contributed by atoms with E-state index in [1.54, 1.807) is 7.11 Å². The number of aldehydes is 1. The van der Waals surface area contributed by atoms with Crippen LogP contribution in [0.5, 0.6) is 0 Å². The first-order valence-electron chi connectivity index (χ1n) is 4.78. The van der Waals surface area contributed by atoms with Crippen molar-refractivity contribution in [2.24, 2.45) is 11.8 Å². The average Bonchev–Trinajstić information content (AvgIpc) is 2.47. The van der Waals surface area contributed by atoms with E-state index in [1.807, 2.05) is 0 Å². The van der Waals surface area contributed by atoms with Crippen LogP contribution in [0.4, 0.5) is 0 Å². The largest absolute Gasteiger partial charge is 0.462 e. The summed E-state index contributed by atoms with van der Waals surface area (Å²) in [5.41, 5.74) is 0. The first-order chi connectivity index (χ1) is 6.67. The lowest BCUT2D eigenvalue weighted by Crippen LogP contribution is -2.21. The van der Waals surface area contributed by atoms with Crippen molar-refractivity contribution in [2.75, 3.05) is 13.7 Å². The van der Waals surface area contributed by atoms with Gasteiger partial charge in [0, 0.05) is 20.6 Å². The van der Waals surface area contributed by atoms with Crippen molar-refractivity contribution < 1.29 is 19.1 Å². The molecule has 0 aromatic carbocycles. The van der Waals surface area contributed by atoms with Gasteiger partial charge in [0.25, 0.3) is 0 Å². The molecule has 3 unspecified atom stereocenters. The molecule has 0 amide bonds. The van der Waals surface area contributed by atoms with Crippen LogP contribution in [-0.2, 0) is 19.1 Å². The molecule has 1 fully saturated rings. The predicted octanol–water partition coefficient (Wildman–Crippen LogP) is 0.790. The van der Waals surface area contributed by atoms with E-state index >= 15 is 0 Å². The van der Waals surface area contributed by atoms with Crippen molar-refractivity contribution in [3.63, 3.8) is 0 Å². The SMILES string of the molecule is COCC1CC(C=O)C(OC(C)=O)C1. The molecule has 4 nitrogen and oxygen atoms in total. The van der Waals surface area contributed by atoms with Crippen LogP contribution in [0.2, 0.25) is 0 Å². The minimum atomic E-state index is -0.320. The van der Waals surface area contributed by atoms with Gasteiger partial charge in [-0.1, -0.05) is 0 Å². The molecule has 1 aliphatic carbocycles. The lowest BCUT2D eigenvalue weighted by atomic mass is 10.1. The Labute approximate surface area is 83.6 Å². The first-order valence-corrected chi connectivity index (χ1v) is 4.78. The number of carbonyl (C=O) groups excluding carboxylic acids is 2. The van der Waals surface area contributed by atoms with Crippen molar-refractivity contribution in [3.05, 3.63) is 0 Å². The Kier molecular flexibility index (Phi) is 4.07. The fourth-order valence-electron chi connectivity index (χ4n) is 2.00. The van der Waals surface area contributed by atoms with Gasteiger partial charge in [-0.15, -0.1) is 0 Å². The van der Waals surface area contributed by atoms with E-state index in [1.165, 1.54) is 6.92 Å². The summed E-state index contributed by atoms with van der Waals surface area (Å²) in [6.07, 6.45) is 2.13. The molecule has 4 heteroatoms. The molecular weight excluding hydrogens is 184 g/mol. The summed E-state index contributed by atoms with van der Waals surface area (Å²) < 4.78 is 10.1. The third-order valence-corrected chi connectivity index (χ3v) is 2.54. The summed E-state index contributed by atoms with van der Waals surface area (Å²) in [5.74, 6) is -0.140. The van der Waals surface area contributed by atoms with Gasteiger partial charge in [-0.3, -0.25) is 4.79 Å². The van der Waals surface area contributed by atoms with Gasteiger partial charge in [-0.25, -0.2) is 0 Å². The second-order valence-electron chi connectivity index (χ2n) is 3.74. The minimum absolute atomic E-state index is 0.154. The first kappa shape index (κ1) is 11.2. The Balaban J connectivity index is 2.48. The molecule has 0 saturated heterocycles. The van der Waals surface area contributed by atoms with Gasteiger partial charge in [0.2, 0.25) is 0 Å². The Bertz CT molecular complexity index is 214. The van der Waals surface area contributed by atoms with Crippen LogP contribution < -0.4 is 0 Å². The highest BCUT2D eigenvalue weighted by atomic mass is 16.5. The van der Waals surface area contributed by atoms with E-state index in [-0.39, 0.29) is 18.0 Å². The molecule has 0 aromatic heterocycles. The molecular formula is C10H16O4. The summed E-state index contributed by atoms with van der Waals surface area (Å²) in [4.78, 5) is 21.5. The fourth-order valence-corrected chi connectivity index (χ4v) is 2.00. The van der Waals surface area contributed by atoms with Crippen molar-refractivity contribution in [3.8, 4) is 0 Å². The van der Waals surface area contributed by atoms with Crippen LogP contribution in [0.15, 0.2) is 0 Å². The standard InChI is InChI=1S/C10H16O4/c1-7(12)14-10-4-8(6-13-2)3-9(10)5-11/h5,8-10H,3-4,6H2,1-2H3. The predicted molar refractivity (Wildman–Crippen MR) is 49.7 cm³/mol. The highest BCUT2D eigenvalue weighted by Gasteiger charge is 2.36. The van der Waals surface area contributed by atoms with Crippen LogP contribution in [0.25, 0.3) is 0 Å². The van der Waals surface area contributed by atoms with E-state index in [0.29, 0.717) is 12.5 Å². The van der Waals surface area contributed by atoms with Crippen molar-refractivity contribution in [1.82, 2.24) is 0 Å². The van der Waals surface area contributed by atoms with E-state index in [2.05, 4.69) is 0 Å². The molecule has 0 bridgehead atoms. The molecule has 1 rings (SSSR count). The molecule has 1 saturated carbocycles. The number of rotatable bonds is 4.